The molecule has 4 heterocycles. The molecule has 42 heavy (non-hydrogen) atoms. The van der Waals surface area contributed by atoms with E-state index in [1.54, 1.807) is 37.6 Å². The number of benzene rings is 1. The zero-order valence-electron chi connectivity index (χ0n) is 24.3. The van der Waals surface area contributed by atoms with Crippen LogP contribution in [0, 0.1) is 0 Å². The van der Waals surface area contributed by atoms with Gasteiger partial charge in [0.25, 0.3) is 5.91 Å². The molecule has 1 spiro atoms. The van der Waals surface area contributed by atoms with Crippen molar-refractivity contribution in [2.45, 2.75) is 45.1 Å². The van der Waals surface area contributed by atoms with Crippen molar-refractivity contribution >= 4 is 46.5 Å². The van der Waals surface area contributed by atoms with Gasteiger partial charge in [-0.3, -0.25) is 9.78 Å². The third-order valence-corrected chi connectivity index (χ3v) is 9.09. The maximum absolute atomic E-state index is 13.6. The summed E-state index contributed by atoms with van der Waals surface area (Å²) in [5.74, 6) is -0.288. The zero-order valence-corrected chi connectivity index (χ0v) is 26.5. The number of anilines is 1. The van der Waals surface area contributed by atoms with Crippen LogP contribution < -0.4 is 7.85 Å². The number of aromatic nitrogens is 2. The first-order chi connectivity index (χ1) is 20.4. The maximum Gasteiger partial charge on any atom is 0.337 e. The molecule has 3 aromatic rings. The van der Waals surface area contributed by atoms with Crippen LogP contribution in [0.3, 0.4) is 0 Å². The fourth-order valence-corrected chi connectivity index (χ4v) is 6.68. The van der Waals surface area contributed by atoms with E-state index >= 15 is 0 Å². The van der Waals surface area contributed by atoms with E-state index in [0.717, 1.165) is 42.8 Å². The lowest BCUT2D eigenvalue weighted by atomic mass is 9.82. The Morgan fingerprint density at radius 3 is 2.64 bits per heavy atom. The van der Waals surface area contributed by atoms with Gasteiger partial charge in [-0.05, 0) is 67.7 Å². The molecule has 0 bridgehead atoms. The molecule has 8 nitrogen and oxygen atoms in total. The highest BCUT2D eigenvalue weighted by atomic mass is 127. The number of fused-ring (bicyclic) bond motifs is 4. The summed E-state index contributed by atoms with van der Waals surface area (Å²) in [6.45, 7) is 9.16. The van der Waals surface area contributed by atoms with E-state index in [-0.39, 0.29) is 17.0 Å². The van der Waals surface area contributed by atoms with Gasteiger partial charge in [0.05, 0.1) is 52.5 Å². The quantitative estimate of drug-likeness (QED) is 0.128. The number of carbonyl (C=O) groups is 2. The van der Waals surface area contributed by atoms with Crippen molar-refractivity contribution in [3.63, 3.8) is 0 Å². The first-order valence-electron chi connectivity index (χ1n) is 14.2. The number of halogens is 1. The summed E-state index contributed by atoms with van der Waals surface area (Å²) in [7, 11) is 1.68. The Hall–Kier alpha value is -3.86. The minimum Gasteiger partial charge on any atom is -0.497 e. The normalized spacial score (nSPS) is 18.3. The first kappa shape index (κ1) is 31.1. The van der Waals surface area contributed by atoms with E-state index in [0.29, 0.717) is 24.2 Å². The third kappa shape index (κ3) is 6.16. The highest BCUT2D eigenvalue weighted by Gasteiger charge is 2.45. The molecule has 1 saturated heterocycles. The molecule has 5 rings (SSSR count). The fraction of sp³-hybridized carbons (Fsp3) is 0.303. The summed E-state index contributed by atoms with van der Waals surface area (Å²) < 4.78 is 10.2. The van der Waals surface area contributed by atoms with E-state index in [1.807, 2.05) is 24.8 Å². The number of likely N-dealkylation sites (tertiary alicyclic amines) is 1. The largest absolute Gasteiger partial charge is 0.497 e. The van der Waals surface area contributed by atoms with Crippen LogP contribution >= 0.6 is 22.9 Å². The Kier molecular flexibility index (Phi) is 10.3. The lowest BCUT2D eigenvalue weighted by molar-refractivity contribution is -0.127. The second-order valence-corrected chi connectivity index (χ2v) is 10.9. The van der Waals surface area contributed by atoms with E-state index in [4.69, 9.17) is 4.74 Å². The van der Waals surface area contributed by atoms with Gasteiger partial charge in [0.15, 0.2) is 0 Å². The molecule has 1 amide bonds. The lowest BCUT2D eigenvalue weighted by Crippen LogP contribution is -2.49. The van der Waals surface area contributed by atoms with E-state index in [1.165, 1.54) is 18.0 Å². The van der Waals surface area contributed by atoms with Crippen LogP contribution in [0.5, 0.6) is 5.75 Å². The van der Waals surface area contributed by atoms with Crippen LogP contribution in [0.15, 0.2) is 85.4 Å². The minimum atomic E-state index is -1.03. The maximum atomic E-state index is 13.6. The number of allylic oxidation sites excluding steroid dienone is 2. The second kappa shape index (κ2) is 13.9. The van der Waals surface area contributed by atoms with Gasteiger partial charge in [0, 0.05) is 49.0 Å². The van der Waals surface area contributed by atoms with Crippen molar-refractivity contribution in [1.82, 2.24) is 14.5 Å². The minimum absolute atomic E-state index is 0.0672. The molecule has 220 valence electrons. The monoisotopic (exact) mass is 680 g/mol. The molecule has 1 fully saturated rings. The summed E-state index contributed by atoms with van der Waals surface area (Å²) in [4.78, 5) is 30.8. The van der Waals surface area contributed by atoms with Crippen molar-refractivity contribution < 1.29 is 19.4 Å². The van der Waals surface area contributed by atoms with Crippen molar-refractivity contribution in [3.05, 3.63) is 102 Å². The predicted octanol–water partition coefficient (Wildman–Crippen LogP) is 7.20. The Balaban J connectivity index is 0.00000198. The molecule has 2 aliphatic heterocycles. The third-order valence-electron chi connectivity index (χ3n) is 7.64. The SMILES string of the molecule is C=C/C(=C\C=C\c1cncc(C(=O)O)c1)C(=O)N1CCCCC2(CC1)c1cccn1-c1ccc(OC)cc1N2I.CC. The molecule has 1 aromatic carbocycles. The number of ether oxygens (including phenoxy) is 1. The topological polar surface area (TPSA) is 87.9 Å². The highest BCUT2D eigenvalue weighted by Crippen LogP contribution is 2.50. The molecule has 0 saturated carbocycles. The van der Waals surface area contributed by atoms with Gasteiger partial charge in [-0.25, -0.2) is 4.79 Å². The summed E-state index contributed by atoms with van der Waals surface area (Å²) in [6, 6.07) is 12.0. The van der Waals surface area contributed by atoms with Crippen molar-refractivity contribution in [2.75, 3.05) is 23.3 Å². The molecule has 2 aromatic heterocycles. The summed E-state index contributed by atoms with van der Waals surface area (Å²) >= 11 is 2.44. The molecular formula is C33H37IN4O4. The van der Waals surface area contributed by atoms with E-state index in [2.05, 4.69) is 72.6 Å². The van der Waals surface area contributed by atoms with Crippen LogP contribution in [-0.2, 0) is 10.3 Å². The predicted molar refractivity (Wildman–Crippen MR) is 175 cm³/mol. The first-order valence-corrected chi connectivity index (χ1v) is 15.1. The molecule has 0 radical (unpaired) electrons. The van der Waals surface area contributed by atoms with Crippen LogP contribution in [-0.4, -0.2) is 51.6 Å². The Morgan fingerprint density at radius 2 is 1.90 bits per heavy atom. The van der Waals surface area contributed by atoms with Crippen molar-refractivity contribution in [1.29, 1.82) is 0 Å². The smallest absolute Gasteiger partial charge is 0.337 e. The number of hydrogen-bond acceptors (Lipinski definition) is 5. The highest BCUT2D eigenvalue weighted by molar-refractivity contribution is 14.1. The summed E-state index contributed by atoms with van der Waals surface area (Å²) in [5.41, 5.74) is 4.40. The van der Waals surface area contributed by atoms with Crippen LogP contribution in [0.1, 0.15) is 61.1 Å². The molecule has 9 heteroatoms. The number of amides is 1. The average molecular weight is 681 g/mol. The Bertz CT molecular complexity index is 1510. The summed E-state index contributed by atoms with van der Waals surface area (Å²) in [5, 5.41) is 9.19. The van der Waals surface area contributed by atoms with Gasteiger partial charge in [-0.2, -0.15) is 0 Å². The molecule has 1 N–H and O–H groups in total. The van der Waals surface area contributed by atoms with Crippen LogP contribution in [0.25, 0.3) is 11.8 Å². The number of hydrogen-bond donors (Lipinski definition) is 1. The number of methoxy groups -OCH3 is 1. The van der Waals surface area contributed by atoms with Crippen molar-refractivity contribution in [3.8, 4) is 11.4 Å². The second-order valence-electron chi connectivity index (χ2n) is 9.93. The number of aromatic carboxylic acids is 1. The van der Waals surface area contributed by atoms with Crippen molar-refractivity contribution in [2.24, 2.45) is 0 Å². The Labute approximate surface area is 261 Å². The molecule has 1 atom stereocenters. The number of carbonyl (C=O) groups excluding carboxylic acids is 1. The van der Waals surface area contributed by atoms with Gasteiger partial charge in [0.1, 0.15) is 5.75 Å². The van der Waals surface area contributed by atoms with Gasteiger partial charge in [0.2, 0.25) is 0 Å². The van der Waals surface area contributed by atoms with E-state index in [9.17, 15) is 14.7 Å². The van der Waals surface area contributed by atoms with E-state index < -0.39 is 5.97 Å². The molecule has 1 unspecified atom stereocenters. The number of carboxylic acid groups (broad SMARTS) is 1. The van der Waals surface area contributed by atoms with Gasteiger partial charge in [-0.1, -0.05) is 38.7 Å². The van der Waals surface area contributed by atoms with Gasteiger partial charge >= 0.3 is 5.97 Å². The summed E-state index contributed by atoms with van der Waals surface area (Å²) in [6.07, 6.45) is 15.4. The van der Waals surface area contributed by atoms with Crippen LogP contribution in [0.4, 0.5) is 5.69 Å². The average Bonchev–Trinajstić information content (AvgIpc) is 3.51. The lowest BCUT2D eigenvalue weighted by Gasteiger charge is -2.48. The molecule has 2 aliphatic rings. The Morgan fingerprint density at radius 1 is 1.10 bits per heavy atom. The number of carboxylic acids is 1. The number of pyridine rings is 1. The van der Waals surface area contributed by atoms with Crippen LogP contribution in [0.2, 0.25) is 0 Å². The zero-order chi connectivity index (χ0) is 30.3. The molecule has 0 aliphatic carbocycles. The number of nitrogens with zero attached hydrogens (tertiary/aromatic N) is 4. The fourth-order valence-electron chi connectivity index (χ4n) is 5.56. The van der Waals surface area contributed by atoms with Gasteiger partial charge < -0.3 is 22.4 Å². The van der Waals surface area contributed by atoms with Gasteiger partial charge in [-0.15, -0.1) is 0 Å². The standard InChI is InChI=1S/C31H31IN4O4.C2H6/c1-3-23(9-6-8-22-18-24(30(38)39)21-33-20-22)29(37)34-15-5-4-13-31(14-17-34)28-10-7-16-35(28)26-12-11-25(40-2)19-27(26)36(31)32;1-2/h3,6-12,16,18-21H,1,4-5,13-15,17H2,2H3,(H,38,39);1-2H3/b8-6+,23-9+;. The number of rotatable bonds is 6. The molecular weight excluding hydrogens is 643 g/mol.